The van der Waals surface area contributed by atoms with Crippen LogP contribution in [0.3, 0.4) is 0 Å². The normalized spacial score (nSPS) is 21.3. The maximum atomic E-state index is 12.3. The number of hydrogen-bond donors (Lipinski definition) is 0. The molecule has 1 atom stereocenters. The Bertz CT molecular complexity index is 434. The first-order valence-electron chi connectivity index (χ1n) is 4.60. The third-order valence-corrected chi connectivity index (χ3v) is 4.83. The quantitative estimate of drug-likeness (QED) is 0.833. The third kappa shape index (κ3) is 3.08. The average molecular weight is 302 g/mol. The van der Waals surface area contributed by atoms with Crippen LogP contribution in [-0.2, 0) is 4.79 Å². The van der Waals surface area contributed by atoms with Gasteiger partial charge in [0.1, 0.15) is 11.9 Å². The summed E-state index contributed by atoms with van der Waals surface area (Å²) in [6.45, 7) is -1.21. The van der Waals surface area contributed by atoms with Gasteiger partial charge in [0.05, 0.1) is 10.1 Å². The number of carbonyl (C=O) groups excluding carboxylic acids is 1. The first kappa shape index (κ1) is 13.0. The molecule has 2 heterocycles. The van der Waals surface area contributed by atoms with Crippen molar-refractivity contribution in [2.45, 2.75) is 11.6 Å². The molecule has 1 aliphatic rings. The second kappa shape index (κ2) is 4.70. The Kier molecular flexibility index (Phi) is 3.61. The summed E-state index contributed by atoms with van der Waals surface area (Å²) in [6, 6.07) is 3.28. The lowest BCUT2D eigenvalue weighted by atomic mass is 10.4. The van der Waals surface area contributed by atoms with Crippen LogP contribution in [0.25, 0.3) is 0 Å². The van der Waals surface area contributed by atoms with E-state index in [-0.39, 0.29) is 5.75 Å². The van der Waals surface area contributed by atoms with Gasteiger partial charge in [0, 0.05) is 4.88 Å². The lowest BCUT2D eigenvalue weighted by Crippen LogP contribution is -2.36. The molecule has 1 unspecified atom stereocenters. The van der Waals surface area contributed by atoms with Gasteiger partial charge in [-0.1, -0.05) is 11.6 Å². The molecular formula is C9H7ClF3NOS2. The summed E-state index contributed by atoms with van der Waals surface area (Å²) in [4.78, 5) is 12.9. The molecule has 94 valence electrons. The summed E-state index contributed by atoms with van der Waals surface area (Å²) < 4.78 is 37.6. The highest BCUT2D eigenvalue weighted by Crippen LogP contribution is 2.43. The van der Waals surface area contributed by atoms with Gasteiger partial charge < -0.3 is 4.90 Å². The van der Waals surface area contributed by atoms with E-state index >= 15 is 0 Å². The predicted octanol–water partition coefficient (Wildman–Crippen LogP) is 3.54. The minimum atomic E-state index is -4.38. The van der Waals surface area contributed by atoms with E-state index in [4.69, 9.17) is 11.6 Å². The number of hydrogen-bond acceptors (Lipinski definition) is 3. The second-order valence-electron chi connectivity index (χ2n) is 3.44. The molecule has 2 rings (SSSR count). The molecule has 0 radical (unpaired) electrons. The molecule has 1 aliphatic heterocycles. The van der Waals surface area contributed by atoms with Crippen LogP contribution in [0, 0.1) is 0 Å². The monoisotopic (exact) mass is 301 g/mol. The zero-order valence-corrected chi connectivity index (χ0v) is 10.7. The summed E-state index contributed by atoms with van der Waals surface area (Å²) in [5.41, 5.74) is 0. The van der Waals surface area contributed by atoms with Crippen molar-refractivity contribution in [1.29, 1.82) is 0 Å². The Labute approximate surface area is 109 Å². The molecular weight excluding hydrogens is 295 g/mol. The Morgan fingerprint density at radius 2 is 2.18 bits per heavy atom. The van der Waals surface area contributed by atoms with Crippen molar-refractivity contribution in [3.05, 3.63) is 21.3 Å². The average Bonchev–Trinajstić information content (AvgIpc) is 2.73. The second-order valence-corrected chi connectivity index (χ2v) is 6.26. The molecule has 8 heteroatoms. The fourth-order valence-electron chi connectivity index (χ4n) is 1.51. The van der Waals surface area contributed by atoms with Crippen LogP contribution in [-0.4, -0.2) is 29.3 Å². The van der Waals surface area contributed by atoms with E-state index < -0.39 is 24.0 Å². The molecule has 1 aromatic heterocycles. The van der Waals surface area contributed by atoms with E-state index in [0.717, 1.165) is 4.90 Å². The van der Waals surface area contributed by atoms with E-state index in [2.05, 4.69) is 0 Å². The molecule has 2 nitrogen and oxygen atoms in total. The Morgan fingerprint density at radius 3 is 2.71 bits per heavy atom. The number of carbonyl (C=O) groups is 1. The summed E-state index contributed by atoms with van der Waals surface area (Å²) in [6.07, 6.45) is -4.38. The van der Waals surface area contributed by atoms with Crippen LogP contribution in [0.4, 0.5) is 13.2 Å². The van der Waals surface area contributed by atoms with Crippen LogP contribution in [0.1, 0.15) is 10.3 Å². The molecule has 0 saturated carbocycles. The summed E-state index contributed by atoms with van der Waals surface area (Å²) in [7, 11) is 0. The highest BCUT2D eigenvalue weighted by molar-refractivity contribution is 8.00. The molecule has 0 aliphatic carbocycles. The molecule has 0 spiro atoms. The highest BCUT2D eigenvalue weighted by Gasteiger charge is 2.41. The van der Waals surface area contributed by atoms with Crippen molar-refractivity contribution < 1.29 is 18.0 Å². The SMILES string of the molecule is O=C1CSC(c2ccc(Cl)s2)N1CC(F)(F)F. The van der Waals surface area contributed by atoms with Gasteiger partial charge in [-0.25, -0.2) is 0 Å². The number of amides is 1. The van der Waals surface area contributed by atoms with Gasteiger partial charge in [-0.2, -0.15) is 13.2 Å². The van der Waals surface area contributed by atoms with Gasteiger partial charge in [0.2, 0.25) is 5.91 Å². The highest BCUT2D eigenvalue weighted by atomic mass is 35.5. The van der Waals surface area contributed by atoms with Crippen molar-refractivity contribution in [3.63, 3.8) is 0 Å². The summed E-state index contributed by atoms with van der Waals surface area (Å²) in [5, 5.41) is -0.568. The summed E-state index contributed by atoms with van der Waals surface area (Å²) >= 11 is 8.13. The Morgan fingerprint density at radius 1 is 1.47 bits per heavy atom. The number of thioether (sulfide) groups is 1. The molecule has 0 N–H and O–H groups in total. The van der Waals surface area contributed by atoms with E-state index in [1.807, 2.05) is 0 Å². The zero-order valence-electron chi connectivity index (χ0n) is 8.33. The van der Waals surface area contributed by atoms with E-state index in [9.17, 15) is 18.0 Å². The lowest BCUT2D eigenvalue weighted by molar-refractivity contribution is -0.159. The van der Waals surface area contributed by atoms with Gasteiger partial charge in [0.15, 0.2) is 0 Å². The fraction of sp³-hybridized carbons (Fsp3) is 0.444. The van der Waals surface area contributed by atoms with Crippen LogP contribution in [0.5, 0.6) is 0 Å². The van der Waals surface area contributed by atoms with Gasteiger partial charge in [-0.15, -0.1) is 23.1 Å². The number of nitrogens with zero attached hydrogens (tertiary/aromatic N) is 1. The lowest BCUT2D eigenvalue weighted by Gasteiger charge is -2.23. The minimum absolute atomic E-state index is 0.0796. The predicted molar refractivity (Wildman–Crippen MR) is 62.3 cm³/mol. The number of thiophene rings is 1. The first-order chi connectivity index (χ1) is 7.87. The van der Waals surface area contributed by atoms with Crippen molar-refractivity contribution >= 4 is 40.6 Å². The van der Waals surface area contributed by atoms with Crippen LogP contribution in [0.15, 0.2) is 12.1 Å². The van der Waals surface area contributed by atoms with Gasteiger partial charge >= 0.3 is 6.18 Å². The largest absolute Gasteiger partial charge is 0.406 e. The third-order valence-electron chi connectivity index (χ3n) is 2.16. The first-order valence-corrected chi connectivity index (χ1v) is 6.84. The zero-order chi connectivity index (χ0) is 12.6. The number of alkyl halides is 3. The van der Waals surface area contributed by atoms with Crippen molar-refractivity contribution in [3.8, 4) is 0 Å². The van der Waals surface area contributed by atoms with E-state index in [1.54, 1.807) is 12.1 Å². The molecule has 0 bridgehead atoms. The number of rotatable bonds is 2. The van der Waals surface area contributed by atoms with Gasteiger partial charge in [-0.3, -0.25) is 4.79 Å². The van der Waals surface area contributed by atoms with Crippen molar-refractivity contribution in [2.75, 3.05) is 12.3 Å². The van der Waals surface area contributed by atoms with E-state index in [0.29, 0.717) is 9.21 Å². The number of halogens is 4. The van der Waals surface area contributed by atoms with Crippen LogP contribution >= 0.6 is 34.7 Å². The molecule has 1 aromatic rings. The standard InChI is InChI=1S/C9H7ClF3NOS2/c10-6-2-1-5(17-6)8-14(4-9(11,12)13)7(15)3-16-8/h1-2,8H,3-4H2. The molecule has 1 amide bonds. The minimum Gasteiger partial charge on any atom is -0.316 e. The van der Waals surface area contributed by atoms with Crippen molar-refractivity contribution in [1.82, 2.24) is 4.90 Å². The van der Waals surface area contributed by atoms with E-state index in [1.165, 1.54) is 23.1 Å². The molecule has 0 aromatic carbocycles. The summed E-state index contributed by atoms with van der Waals surface area (Å²) in [5.74, 6) is -0.405. The topological polar surface area (TPSA) is 20.3 Å². The molecule has 1 fully saturated rings. The van der Waals surface area contributed by atoms with Crippen LogP contribution in [0.2, 0.25) is 4.34 Å². The van der Waals surface area contributed by atoms with Gasteiger partial charge in [-0.05, 0) is 12.1 Å². The van der Waals surface area contributed by atoms with Crippen LogP contribution < -0.4 is 0 Å². The van der Waals surface area contributed by atoms with Crippen molar-refractivity contribution in [2.24, 2.45) is 0 Å². The molecule has 1 saturated heterocycles. The Hall–Kier alpha value is -0.400. The van der Waals surface area contributed by atoms with Gasteiger partial charge in [0.25, 0.3) is 0 Å². The maximum absolute atomic E-state index is 12.3. The Balaban J connectivity index is 2.19. The fourth-order valence-corrected chi connectivity index (χ4v) is 4.00. The maximum Gasteiger partial charge on any atom is 0.406 e. The smallest absolute Gasteiger partial charge is 0.316 e. The molecule has 17 heavy (non-hydrogen) atoms.